The van der Waals surface area contributed by atoms with Crippen molar-refractivity contribution in [3.63, 3.8) is 0 Å². The number of anilines is 1. The van der Waals surface area contributed by atoms with Crippen LogP contribution in [0, 0.1) is 6.92 Å². The number of hydrogen-bond donors (Lipinski definition) is 1. The van der Waals surface area contributed by atoms with E-state index in [0.717, 1.165) is 19.3 Å². The summed E-state index contributed by atoms with van der Waals surface area (Å²) >= 11 is 0. The van der Waals surface area contributed by atoms with Crippen LogP contribution in [0.3, 0.4) is 0 Å². The lowest BCUT2D eigenvalue weighted by Gasteiger charge is -2.26. The van der Waals surface area contributed by atoms with E-state index >= 15 is 0 Å². The molecule has 2 aromatic rings. The lowest BCUT2D eigenvalue weighted by molar-refractivity contribution is 0.102. The molecule has 0 unspecified atom stereocenters. The van der Waals surface area contributed by atoms with Crippen molar-refractivity contribution >= 4 is 21.6 Å². The van der Waals surface area contributed by atoms with Crippen molar-refractivity contribution in [1.82, 2.24) is 4.31 Å². The van der Waals surface area contributed by atoms with Gasteiger partial charge in [0.1, 0.15) is 11.5 Å². The number of piperidine rings is 1. The van der Waals surface area contributed by atoms with Crippen LogP contribution in [-0.4, -0.2) is 38.3 Å². The molecule has 1 saturated heterocycles. The molecule has 1 aliphatic rings. The molecule has 0 atom stereocenters. The number of carbonyl (C=O) groups is 1. The number of carbonyl (C=O) groups excluding carboxylic acids is 1. The van der Waals surface area contributed by atoms with Crippen LogP contribution in [0.15, 0.2) is 39.8 Å². The standard InChI is InChI=1S/C19H24N2O5S/c1-3-25-18-8-7-15(27(23,24)21-10-5-4-6-11-21)13-17(18)20-19(22)16-9-12-26-14(16)2/h7-9,12-13H,3-6,10-11H2,1-2H3,(H,20,22). The number of nitrogens with zero attached hydrogens (tertiary/aromatic N) is 1. The van der Waals surface area contributed by atoms with Crippen molar-refractivity contribution in [2.75, 3.05) is 25.0 Å². The lowest BCUT2D eigenvalue weighted by Crippen LogP contribution is -2.35. The van der Waals surface area contributed by atoms with Gasteiger partial charge in [-0.05, 0) is 51.0 Å². The third-order valence-corrected chi connectivity index (χ3v) is 6.45. The van der Waals surface area contributed by atoms with Crippen molar-refractivity contribution in [2.24, 2.45) is 0 Å². The third kappa shape index (κ3) is 4.17. The Morgan fingerprint density at radius 1 is 1.22 bits per heavy atom. The largest absolute Gasteiger partial charge is 0.492 e. The quantitative estimate of drug-likeness (QED) is 0.814. The minimum Gasteiger partial charge on any atom is -0.492 e. The average Bonchev–Trinajstić information content (AvgIpc) is 3.10. The maximum atomic E-state index is 12.9. The van der Waals surface area contributed by atoms with Crippen molar-refractivity contribution in [3.05, 3.63) is 41.9 Å². The Hall–Kier alpha value is -2.32. The number of aryl methyl sites for hydroxylation is 1. The highest BCUT2D eigenvalue weighted by Crippen LogP contribution is 2.31. The van der Waals surface area contributed by atoms with Gasteiger partial charge in [0.15, 0.2) is 0 Å². The van der Waals surface area contributed by atoms with Crippen LogP contribution in [0.25, 0.3) is 0 Å². The molecule has 0 spiro atoms. The van der Waals surface area contributed by atoms with Gasteiger partial charge in [-0.3, -0.25) is 4.79 Å². The van der Waals surface area contributed by atoms with Crippen LogP contribution in [0.5, 0.6) is 5.75 Å². The predicted molar refractivity (Wildman–Crippen MR) is 102 cm³/mol. The minimum atomic E-state index is -3.61. The van der Waals surface area contributed by atoms with Gasteiger partial charge in [-0.1, -0.05) is 6.42 Å². The van der Waals surface area contributed by atoms with E-state index in [9.17, 15) is 13.2 Å². The molecular weight excluding hydrogens is 368 g/mol. The van der Waals surface area contributed by atoms with Gasteiger partial charge in [0.05, 0.1) is 29.0 Å². The molecule has 27 heavy (non-hydrogen) atoms. The summed E-state index contributed by atoms with van der Waals surface area (Å²) in [6.45, 7) is 4.95. The maximum absolute atomic E-state index is 12.9. The van der Waals surface area contributed by atoms with E-state index in [0.29, 0.717) is 42.5 Å². The topological polar surface area (TPSA) is 88.9 Å². The first-order valence-corrected chi connectivity index (χ1v) is 10.5. The number of ether oxygens (including phenoxy) is 1. The average molecular weight is 392 g/mol. The van der Waals surface area contributed by atoms with Crippen molar-refractivity contribution in [3.8, 4) is 5.75 Å². The second kappa shape index (κ2) is 8.14. The van der Waals surface area contributed by atoms with E-state index < -0.39 is 10.0 Å². The highest BCUT2D eigenvalue weighted by Gasteiger charge is 2.27. The van der Waals surface area contributed by atoms with E-state index in [4.69, 9.17) is 9.15 Å². The molecule has 8 heteroatoms. The number of hydrogen-bond acceptors (Lipinski definition) is 5. The summed E-state index contributed by atoms with van der Waals surface area (Å²) in [5, 5.41) is 2.75. The number of sulfonamides is 1. The van der Waals surface area contributed by atoms with Gasteiger partial charge < -0.3 is 14.5 Å². The molecule has 1 N–H and O–H groups in total. The Morgan fingerprint density at radius 2 is 1.96 bits per heavy atom. The molecule has 0 bridgehead atoms. The summed E-state index contributed by atoms with van der Waals surface area (Å²) in [5.74, 6) is 0.530. The van der Waals surface area contributed by atoms with Crippen molar-refractivity contribution in [2.45, 2.75) is 38.0 Å². The zero-order chi connectivity index (χ0) is 19.4. The smallest absolute Gasteiger partial charge is 0.259 e. The lowest BCUT2D eigenvalue weighted by atomic mass is 10.2. The van der Waals surface area contributed by atoms with Gasteiger partial charge in [0.2, 0.25) is 10.0 Å². The van der Waals surface area contributed by atoms with Crippen LogP contribution < -0.4 is 10.1 Å². The van der Waals surface area contributed by atoms with E-state index in [1.54, 1.807) is 19.1 Å². The maximum Gasteiger partial charge on any atom is 0.259 e. The Bertz CT molecular complexity index is 914. The first kappa shape index (κ1) is 19.4. The Balaban J connectivity index is 1.93. The monoisotopic (exact) mass is 392 g/mol. The van der Waals surface area contributed by atoms with Gasteiger partial charge in [-0.15, -0.1) is 0 Å². The molecule has 3 rings (SSSR count). The molecule has 1 aromatic carbocycles. The predicted octanol–water partition coefficient (Wildman–Crippen LogP) is 3.41. The first-order chi connectivity index (χ1) is 12.9. The highest BCUT2D eigenvalue weighted by atomic mass is 32.2. The molecule has 7 nitrogen and oxygen atoms in total. The second-order valence-electron chi connectivity index (χ2n) is 6.40. The molecule has 0 saturated carbocycles. The van der Waals surface area contributed by atoms with E-state index in [1.165, 1.54) is 22.7 Å². The summed E-state index contributed by atoms with van der Waals surface area (Å²) < 4.78 is 38.1. The fourth-order valence-electron chi connectivity index (χ4n) is 3.11. The number of rotatable bonds is 6. The third-order valence-electron chi connectivity index (χ3n) is 4.56. The van der Waals surface area contributed by atoms with Crippen molar-refractivity contribution < 1.29 is 22.4 Å². The van der Waals surface area contributed by atoms with Gasteiger partial charge in [0, 0.05) is 13.1 Å². The molecule has 146 valence electrons. The van der Waals surface area contributed by atoms with Crippen molar-refractivity contribution in [1.29, 1.82) is 0 Å². The van der Waals surface area contributed by atoms with Crippen LogP contribution in [0.2, 0.25) is 0 Å². The van der Waals surface area contributed by atoms with Gasteiger partial charge in [-0.25, -0.2) is 8.42 Å². The first-order valence-electron chi connectivity index (χ1n) is 9.06. The van der Waals surface area contributed by atoms with E-state index in [-0.39, 0.29) is 10.8 Å². The SMILES string of the molecule is CCOc1ccc(S(=O)(=O)N2CCCCC2)cc1NC(=O)c1ccoc1C. The molecule has 1 aromatic heterocycles. The molecule has 1 fully saturated rings. The summed E-state index contributed by atoms with van der Waals surface area (Å²) in [5.41, 5.74) is 0.710. The Morgan fingerprint density at radius 3 is 2.59 bits per heavy atom. The minimum absolute atomic E-state index is 0.145. The molecular formula is C19H24N2O5S. The summed E-state index contributed by atoms with van der Waals surface area (Å²) in [6.07, 6.45) is 4.20. The van der Waals surface area contributed by atoms with Crippen LogP contribution in [0.4, 0.5) is 5.69 Å². The molecule has 0 aliphatic carbocycles. The zero-order valence-electron chi connectivity index (χ0n) is 15.5. The fourth-order valence-corrected chi connectivity index (χ4v) is 4.66. The molecule has 2 heterocycles. The van der Waals surface area contributed by atoms with E-state index in [2.05, 4.69) is 5.32 Å². The highest BCUT2D eigenvalue weighted by molar-refractivity contribution is 7.89. The molecule has 1 aliphatic heterocycles. The number of furan rings is 1. The second-order valence-corrected chi connectivity index (χ2v) is 8.34. The number of nitrogens with one attached hydrogen (secondary N) is 1. The van der Waals surface area contributed by atoms with Gasteiger partial charge >= 0.3 is 0 Å². The summed E-state index contributed by atoms with van der Waals surface area (Å²) in [6, 6.07) is 6.13. The molecule has 1 amide bonds. The Kier molecular flexibility index (Phi) is 5.86. The number of benzene rings is 1. The normalized spacial score (nSPS) is 15.5. The molecule has 0 radical (unpaired) electrons. The number of amides is 1. The van der Waals surface area contributed by atoms with Crippen LogP contribution in [-0.2, 0) is 10.0 Å². The van der Waals surface area contributed by atoms with E-state index in [1.807, 2.05) is 6.92 Å². The van der Waals surface area contributed by atoms with Gasteiger partial charge in [-0.2, -0.15) is 4.31 Å². The van der Waals surface area contributed by atoms with Crippen LogP contribution in [0.1, 0.15) is 42.3 Å². The zero-order valence-corrected chi connectivity index (χ0v) is 16.3. The summed E-state index contributed by atoms with van der Waals surface area (Å²) in [7, 11) is -3.61. The van der Waals surface area contributed by atoms with Crippen LogP contribution >= 0.6 is 0 Å². The Labute approximate surface area is 159 Å². The fraction of sp³-hybridized carbons (Fsp3) is 0.421. The summed E-state index contributed by atoms with van der Waals surface area (Å²) in [4.78, 5) is 12.7. The van der Waals surface area contributed by atoms with Gasteiger partial charge in [0.25, 0.3) is 5.91 Å².